The van der Waals surface area contributed by atoms with Crippen molar-refractivity contribution in [2.24, 2.45) is 5.92 Å². The maximum Gasteiger partial charge on any atom is 0.115 e. The van der Waals surface area contributed by atoms with Crippen LogP contribution < -0.4 is 5.32 Å². The van der Waals surface area contributed by atoms with E-state index in [9.17, 15) is 5.11 Å². The van der Waals surface area contributed by atoms with Crippen molar-refractivity contribution in [1.29, 1.82) is 0 Å². The van der Waals surface area contributed by atoms with Gasteiger partial charge in [-0.15, -0.1) is 0 Å². The molecule has 19 heavy (non-hydrogen) atoms. The Bertz CT molecular complexity index is 411. The van der Waals surface area contributed by atoms with Gasteiger partial charge in [0.05, 0.1) is 0 Å². The van der Waals surface area contributed by atoms with E-state index in [-0.39, 0.29) is 5.54 Å². The molecular weight excluding hydrogens is 236 g/mol. The fraction of sp³-hybridized carbons (Fsp3) is 0.625. The van der Waals surface area contributed by atoms with Gasteiger partial charge in [0, 0.05) is 31.2 Å². The second kappa shape index (κ2) is 5.51. The van der Waals surface area contributed by atoms with Crippen LogP contribution >= 0.6 is 0 Å². The number of phenolic OH excluding ortho intramolecular Hbond substituents is 1. The van der Waals surface area contributed by atoms with Gasteiger partial charge >= 0.3 is 0 Å². The molecule has 0 saturated carbocycles. The summed E-state index contributed by atoms with van der Waals surface area (Å²) < 4.78 is 0. The van der Waals surface area contributed by atoms with Crippen molar-refractivity contribution in [2.45, 2.75) is 45.8 Å². The van der Waals surface area contributed by atoms with Gasteiger partial charge < -0.3 is 10.4 Å². The molecule has 2 rings (SSSR count). The van der Waals surface area contributed by atoms with Crippen LogP contribution in [0.2, 0.25) is 0 Å². The molecule has 1 fully saturated rings. The number of aromatic hydroxyl groups is 1. The third kappa shape index (κ3) is 3.71. The smallest absolute Gasteiger partial charge is 0.115 e. The lowest BCUT2D eigenvalue weighted by Gasteiger charge is -2.46. The molecule has 1 aromatic carbocycles. The third-order valence-electron chi connectivity index (χ3n) is 3.95. The summed E-state index contributed by atoms with van der Waals surface area (Å²) in [7, 11) is 0. The van der Waals surface area contributed by atoms with E-state index in [4.69, 9.17) is 0 Å². The molecule has 0 bridgehead atoms. The summed E-state index contributed by atoms with van der Waals surface area (Å²) in [5, 5.41) is 13.0. The Kier molecular flexibility index (Phi) is 4.16. The Hall–Kier alpha value is -1.06. The number of nitrogens with zero attached hydrogens (tertiary/aromatic N) is 1. The van der Waals surface area contributed by atoms with Gasteiger partial charge in [-0.25, -0.2) is 0 Å². The Morgan fingerprint density at radius 1 is 1.32 bits per heavy atom. The summed E-state index contributed by atoms with van der Waals surface area (Å²) in [6.07, 6.45) is 0. The Morgan fingerprint density at radius 2 is 1.95 bits per heavy atom. The van der Waals surface area contributed by atoms with Gasteiger partial charge in [-0.3, -0.25) is 4.90 Å². The highest BCUT2D eigenvalue weighted by atomic mass is 16.3. The van der Waals surface area contributed by atoms with Crippen molar-refractivity contribution in [3.05, 3.63) is 29.8 Å². The number of piperazine rings is 1. The Morgan fingerprint density at radius 3 is 2.53 bits per heavy atom. The summed E-state index contributed by atoms with van der Waals surface area (Å²) in [5.41, 5.74) is 1.43. The summed E-state index contributed by atoms with van der Waals surface area (Å²) >= 11 is 0. The molecular formula is C16H26N2O. The van der Waals surface area contributed by atoms with Gasteiger partial charge in [-0.1, -0.05) is 26.0 Å². The summed E-state index contributed by atoms with van der Waals surface area (Å²) in [6, 6.07) is 8.14. The van der Waals surface area contributed by atoms with Gasteiger partial charge in [0.2, 0.25) is 0 Å². The average Bonchev–Trinajstić information content (AvgIpc) is 2.30. The average molecular weight is 262 g/mol. The molecule has 106 valence electrons. The number of benzene rings is 1. The van der Waals surface area contributed by atoms with Crippen LogP contribution in [0.25, 0.3) is 0 Å². The fourth-order valence-electron chi connectivity index (χ4n) is 2.86. The first-order chi connectivity index (χ1) is 8.87. The molecule has 0 spiro atoms. The summed E-state index contributed by atoms with van der Waals surface area (Å²) in [5.74, 6) is 0.977. The molecule has 1 atom stereocenters. The molecule has 0 radical (unpaired) electrons. The molecule has 3 heteroatoms. The Labute approximate surface area is 116 Å². The van der Waals surface area contributed by atoms with Gasteiger partial charge in [0.15, 0.2) is 0 Å². The zero-order valence-electron chi connectivity index (χ0n) is 12.5. The van der Waals surface area contributed by atoms with Crippen molar-refractivity contribution < 1.29 is 5.11 Å². The lowest BCUT2D eigenvalue weighted by atomic mass is 9.92. The second-order valence-corrected chi connectivity index (χ2v) is 6.65. The van der Waals surface area contributed by atoms with Crippen LogP contribution in [-0.4, -0.2) is 34.7 Å². The predicted molar refractivity (Wildman–Crippen MR) is 79.2 cm³/mol. The first kappa shape index (κ1) is 14.4. The minimum atomic E-state index is 0.169. The Balaban J connectivity index is 2.11. The molecule has 0 aliphatic carbocycles. The third-order valence-corrected chi connectivity index (χ3v) is 3.95. The summed E-state index contributed by atoms with van der Waals surface area (Å²) in [4.78, 5) is 2.56. The van der Waals surface area contributed by atoms with E-state index in [0.29, 0.717) is 17.7 Å². The zero-order valence-corrected chi connectivity index (χ0v) is 12.5. The highest BCUT2D eigenvalue weighted by Gasteiger charge is 2.33. The molecule has 1 heterocycles. The molecule has 1 aromatic rings. The topological polar surface area (TPSA) is 35.5 Å². The number of phenols is 1. The highest BCUT2D eigenvalue weighted by Crippen LogP contribution is 2.23. The van der Waals surface area contributed by atoms with E-state index in [0.717, 1.165) is 19.6 Å². The normalized spacial score (nSPS) is 23.7. The first-order valence-corrected chi connectivity index (χ1v) is 7.14. The van der Waals surface area contributed by atoms with E-state index < -0.39 is 0 Å². The van der Waals surface area contributed by atoms with Crippen molar-refractivity contribution in [3.8, 4) is 5.75 Å². The monoisotopic (exact) mass is 262 g/mol. The quantitative estimate of drug-likeness (QED) is 0.879. The van der Waals surface area contributed by atoms with Crippen LogP contribution in [-0.2, 0) is 6.54 Å². The van der Waals surface area contributed by atoms with E-state index in [1.807, 2.05) is 12.1 Å². The molecule has 3 nitrogen and oxygen atoms in total. The van der Waals surface area contributed by atoms with Crippen molar-refractivity contribution >= 4 is 0 Å². The number of rotatable bonds is 3. The van der Waals surface area contributed by atoms with Crippen LogP contribution in [0, 0.1) is 5.92 Å². The van der Waals surface area contributed by atoms with Crippen molar-refractivity contribution in [1.82, 2.24) is 10.2 Å². The molecule has 2 N–H and O–H groups in total. The summed E-state index contributed by atoms with van der Waals surface area (Å²) in [6.45, 7) is 12.1. The van der Waals surface area contributed by atoms with Crippen LogP contribution in [0.4, 0.5) is 0 Å². The predicted octanol–water partition coefficient (Wildman–Crippen LogP) is 2.60. The molecule has 1 saturated heterocycles. The van der Waals surface area contributed by atoms with E-state index in [2.05, 4.69) is 37.9 Å². The molecule has 1 aliphatic rings. The van der Waals surface area contributed by atoms with E-state index in [1.165, 1.54) is 5.56 Å². The van der Waals surface area contributed by atoms with E-state index >= 15 is 0 Å². The fourth-order valence-corrected chi connectivity index (χ4v) is 2.86. The van der Waals surface area contributed by atoms with E-state index in [1.54, 1.807) is 12.1 Å². The highest BCUT2D eigenvalue weighted by molar-refractivity contribution is 5.26. The SMILES string of the molecule is CC(C)C1CNC(C)(C)CN1Cc1ccc(O)cc1. The van der Waals surface area contributed by atoms with Crippen LogP contribution in [0.15, 0.2) is 24.3 Å². The lowest BCUT2D eigenvalue weighted by Crippen LogP contribution is -2.62. The number of hydrogen-bond donors (Lipinski definition) is 2. The minimum Gasteiger partial charge on any atom is -0.508 e. The van der Waals surface area contributed by atoms with Gasteiger partial charge in [-0.2, -0.15) is 0 Å². The largest absolute Gasteiger partial charge is 0.508 e. The van der Waals surface area contributed by atoms with Crippen LogP contribution in [0.5, 0.6) is 5.75 Å². The van der Waals surface area contributed by atoms with Crippen LogP contribution in [0.1, 0.15) is 33.3 Å². The molecule has 1 unspecified atom stereocenters. The molecule has 1 aliphatic heterocycles. The lowest BCUT2D eigenvalue weighted by molar-refractivity contribution is 0.0627. The number of nitrogens with one attached hydrogen (secondary N) is 1. The zero-order chi connectivity index (χ0) is 14.0. The first-order valence-electron chi connectivity index (χ1n) is 7.14. The van der Waals surface area contributed by atoms with Crippen LogP contribution in [0.3, 0.4) is 0 Å². The minimum absolute atomic E-state index is 0.169. The second-order valence-electron chi connectivity index (χ2n) is 6.65. The molecule has 0 amide bonds. The number of hydrogen-bond acceptors (Lipinski definition) is 3. The maximum atomic E-state index is 9.36. The van der Waals surface area contributed by atoms with Gasteiger partial charge in [0.1, 0.15) is 5.75 Å². The van der Waals surface area contributed by atoms with Crippen molar-refractivity contribution in [2.75, 3.05) is 13.1 Å². The van der Waals surface area contributed by atoms with Gasteiger partial charge in [-0.05, 0) is 37.5 Å². The van der Waals surface area contributed by atoms with Gasteiger partial charge in [0.25, 0.3) is 0 Å². The maximum absolute atomic E-state index is 9.36. The standard InChI is InChI=1S/C16H26N2O/c1-12(2)15-9-17-16(3,4)11-18(15)10-13-5-7-14(19)8-6-13/h5-8,12,15,17,19H,9-11H2,1-4H3. The molecule has 0 aromatic heterocycles. The van der Waals surface area contributed by atoms with Crippen molar-refractivity contribution in [3.63, 3.8) is 0 Å².